The lowest BCUT2D eigenvalue weighted by Crippen LogP contribution is -2.10. The standard InChI is InChI=1S/C66H57N3/c1-46-20-30-55(31-21-46)68(56-32-22-47(2)23-33-56)60-40-42-62(50(5)44-60)64-18-13-19-65(66(64)52-28-38-59(39-29-52)67(53-14-9-7-10-15-53)54-16-11-8-12-17-54)63-43-41-61(45-51(63)6)69(57-34-24-48(3)25-35-57)58-36-26-49(4)27-37-58/h7-45H,1-6H3. The Morgan fingerprint density at radius 2 is 0.493 bits per heavy atom. The molecule has 69 heavy (non-hydrogen) atoms. The summed E-state index contributed by atoms with van der Waals surface area (Å²) in [6.45, 7) is 13.1. The van der Waals surface area contributed by atoms with Gasteiger partial charge in [0.25, 0.3) is 0 Å². The van der Waals surface area contributed by atoms with E-state index in [2.05, 4.69) is 293 Å². The van der Waals surface area contributed by atoms with Gasteiger partial charge in [-0.1, -0.05) is 150 Å². The second-order valence-electron chi connectivity index (χ2n) is 18.3. The zero-order valence-electron chi connectivity index (χ0n) is 40.4. The highest BCUT2D eigenvalue weighted by atomic mass is 15.2. The maximum absolute atomic E-state index is 2.36. The highest BCUT2D eigenvalue weighted by molar-refractivity contribution is 5.97. The van der Waals surface area contributed by atoms with Gasteiger partial charge in [-0.05, 0) is 195 Å². The summed E-state index contributed by atoms with van der Waals surface area (Å²) < 4.78 is 0. The van der Waals surface area contributed by atoms with E-state index in [4.69, 9.17) is 0 Å². The summed E-state index contributed by atoms with van der Waals surface area (Å²) in [5.74, 6) is 0. The highest BCUT2D eigenvalue weighted by Gasteiger charge is 2.21. The molecule has 336 valence electrons. The fraction of sp³-hybridized carbons (Fsp3) is 0.0909. The molecule has 10 rings (SSSR count). The van der Waals surface area contributed by atoms with E-state index in [1.807, 2.05) is 0 Å². The van der Waals surface area contributed by atoms with Gasteiger partial charge in [-0.15, -0.1) is 0 Å². The van der Waals surface area contributed by atoms with Gasteiger partial charge in [0, 0.05) is 51.2 Å². The first-order chi connectivity index (χ1) is 33.7. The van der Waals surface area contributed by atoms with E-state index >= 15 is 0 Å². The van der Waals surface area contributed by atoms with Gasteiger partial charge in [0.15, 0.2) is 0 Å². The molecule has 3 heteroatoms. The average Bonchev–Trinajstić information content (AvgIpc) is 3.37. The maximum Gasteiger partial charge on any atom is 0.0464 e. The average molecular weight is 892 g/mol. The Kier molecular flexibility index (Phi) is 12.5. The molecule has 0 fully saturated rings. The summed E-state index contributed by atoms with van der Waals surface area (Å²) in [5.41, 5.74) is 24.5. The van der Waals surface area contributed by atoms with Crippen molar-refractivity contribution in [3.8, 4) is 33.4 Å². The predicted molar refractivity (Wildman–Crippen MR) is 295 cm³/mol. The van der Waals surface area contributed by atoms with Gasteiger partial charge in [-0.3, -0.25) is 0 Å². The Bertz CT molecular complexity index is 3050. The number of para-hydroxylation sites is 2. The predicted octanol–water partition coefficient (Wildman–Crippen LogP) is 18.9. The number of anilines is 9. The van der Waals surface area contributed by atoms with E-state index in [-0.39, 0.29) is 0 Å². The van der Waals surface area contributed by atoms with Crippen molar-refractivity contribution in [3.63, 3.8) is 0 Å². The third kappa shape index (κ3) is 9.33. The van der Waals surface area contributed by atoms with Crippen molar-refractivity contribution in [1.29, 1.82) is 0 Å². The van der Waals surface area contributed by atoms with Crippen molar-refractivity contribution < 1.29 is 0 Å². The smallest absolute Gasteiger partial charge is 0.0464 e. The van der Waals surface area contributed by atoms with Crippen LogP contribution in [-0.2, 0) is 0 Å². The van der Waals surface area contributed by atoms with Crippen LogP contribution in [0.2, 0.25) is 0 Å². The molecule has 0 aliphatic heterocycles. The van der Waals surface area contributed by atoms with Crippen LogP contribution in [0, 0.1) is 41.5 Å². The summed E-state index contributed by atoms with van der Waals surface area (Å²) in [6, 6.07) is 86.4. The fourth-order valence-electron chi connectivity index (χ4n) is 9.54. The van der Waals surface area contributed by atoms with Crippen LogP contribution < -0.4 is 14.7 Å². The molecule has 0 radical (unpaired) electrons. The molecule has 0 atom stereocenters. The normalized spacial score (nSPS) is 11.0. The van der Waals surface area contributed by atoms with Crippen LogP contribution in [0.1, 0.15) is 33.4 Å². The van der Waals surface area contributed by atoms with Gasteiger partial charge < -0.3 is 14.7 Å². The molecule has 0 saturated carbocycles. The van der Waals surface area contributed by atoms with Gasteiger partial charge in [-0.2, -0.15) is 0 Å². The topological polar surface area (TPSA) is 9.72 Å². The lowest BCUT2D eigenvalue weighted by Gasteiger charge is -2.28. The summed E-state index contributed by atoms with van der Waals surface area (Å²) in [5, 5.41) is 0. The molecule has 0 heterocycles. The molecule has 0 unspecified atom stereocenters. The van der Waals surface area contributed by atoms with Gasteiger partial charge in [0.1, 0.15) is 0 Å². The maximum atomic E-state index is 2.36. The molecule has 3 nitrogen and oxygen atoms in total. The molecular weight excluding hydrogens is 835 g/mol. The Morgan fingerprint density at radius 3 is 0.812 bits per heavy atom. The van der Waals surface area contributed by atoms with Crippen LogP contribution in [0.4, 0.5) is 51.2 Å². The summed E-state index contributed by atoms with van der Waals surface area (Å²) >= 11 is 0. The van der Waals surface area contributed by atoms with E-state index in [1.54, 1.807) is 0 Å². The zero-order chi connectivity index (χ0) is 47.4. The van der Waals surface area contributed by atoms with Gasteiger partial charge in [0.2, 0.25) is 0 Å². The third-order valence-electron chi connectivity index (χ3n) is 13.2. The molecule has 0 aromatic heterocycles. The number of hydrogen-bond acceptors (Lipinski definition) is 3. The Morgan fingerprint density at radius 1 is 0.217 bits per heavy atom. The second-order valence-corrected chi connectivity index (χ2v) is 18.3. The van der Waals surface area contributed by atoms with Crippen LogP contribution >= 0.6 is 0 Å². The van der Waals surface area contributed by atoms with Crippen LogP contribution in [0.3, 0.4) is 0 Å². The van der Waals surface area contributed by atoms with Gasteiger partial charge >= 0.3 is 0 Å². The van der Waals surface area contributed by atoms with Crippen molar-refractivity contribution in [2.75, 3.05) is 14.7 Å². The van der Waals surface area contributed by atoms with E-state index in [1.165, 1.54) is 61.2 Å². The minimum atomic E-state index is 1.09. The molecule has 10 aromatic carbocycles. The molecule has 0 N–H and O–H groups in total. The first-order valence-corrected chi connectivity index (χ1v) is 23.9. The van der Waals surface area contributed by atoms with Crippen molar-refractivity contribution in [1.82, 2.24) is 0 Å². The molecular formula is C66H57N3. The molecule has 0 amide bonds. The molecule has 10 aromatic rings. The largest absolute Gasteiger partial charge is 0.311 e. The molecule has 0 bridgehead atoms. The summed E-state index contributed by atoms with van der Waals surface area (Å²) in [4.78, 5) is 7.04. The number of aryl methyl sites for hydroxylation is 6. The number of rotatable bonds is 12. The number of benzene rings is 10. The van der Waals surface area contributed by atoms with Crippen molar-refractivity contribution >= 4 is 51.2 Å². The van der Waals surface area contributed by atoms with Crippen molar-refractivity contribution in [2.45, 2.75) is 41.5 Å². The van der Waals surface area contributed by atoms with Crippen LogP contribution in [0.25, 0.3) is 33.4 Å². The SMILES string of the molecule is Cc1ccc(N(c2ccc(C)cc2)c2ccc(-c3cccc(-c4ccc(N(c5ccc(C)cc5)c5ccc(C)cc5)cc4C)c3-c3ccc(N(c4ccccc4)c4ccccc4)cc3)c(C)c2)cc1. The Hall–Kier alpha value is -8.40. The summed E-state index contributed by atoms with van der Waals surface area (Å²) in [6.07, 6.45) is 0. The Balaban J connectivity index is 1.12. The van der Waals surface area contributed by atoms with E-state index in [9.17, 15) is 0 Å². The van der Waals surface area contributed by atoms with Gasteiger partial charge in [0.05, 0.1) is 0 Å². The molecule has 0 saturated heterocycles. The van der Waals surface area contributed by atoms with Crippen LogP contribution in [-0.4, -0.2) is 0 Å². The first-order valence-electron chi connectivity index (χ1n) is 23.9. The van der Waals surface area contributed by atoms with E-state index in [0.717, 1.165) is 56.7 Å². The minimum Gasteiger partial charge on any atom is -0.311 e. The lowest BCUT2D eigenvalue weighted by atomic mass is 9.85. The zero-order valence-corrected chi connectivity index (χ0v) is 40.4. The quantitative estimate of drug-likeness (QED) is 0.121. The minimum absolute atomic E-state index is 1.09. The third-order valence-corrected chi connectivity index (χ3v) is 13.2. The highest BCUT2D eigenvalue weighted by Crippen LogP contribution is 2.46. The van der Waals surface area contributed by atoms with E-state index < -0.39 is 0 Å². The molecule has 0 aliphatic rings. The van der Waals surface area contributed by atoms with E-state index in [0.29, 0.717) is 0 Å². The monoisotopic (exact) mass is 891 g/mol. The van der Waals surface area contributed by atoms with Crippen LogP contribution in [0.15, 0.2) is 237 Å². The summed E-state index contributed by atoms with van der Waals surface area (Å²) in [7, 11) is 0. The number of hydrogen-bond donors (Lipinski definition) is 0. The van der Waals surface area contributed by atoms with Crippen LogP contribution in [0.5, 0.6) is 0 Å². The van der Waals surface area contributed by atoms with Gasteiger partial charge in [-0.25, -0.2) is 0 Å². The van der Waals surface area contributed by atoms with Crippen molar-refractivity contribution in [2.24, 2.45) is 0 Å². The number of nitrogens with zero attached hydrogens (tertiary/aromatic N) is 3. The first kappa shape index (κ1) is 44.4. The van der Waals surface area contributed by atoms with Crippen molar-refractivity contribution in [3.05, 3.63) is 270 Å². The Labute approximate surface area is 408 Å². The second kappa shape index (κ2) is 19.4. The molecule has 0 aliphatic carbocycles. The fourth-order valence-corrected chi connectivity index (χ4v) is 9.54. The molecule has 0 spiro atoms. The lowest BCUT2D eigenvalue weighted by molar-refractivity contribution is 1.26.